The molecule has 0 radical (unpaired) electrons. The zero-order valence-corrected chi connectivity index (χ0v) is 17.1. The molecule has 3 rings (SSSR count). The van der Waals surface area contributed by atoms with Crippen LogP contribution in [0.5, 0.6) is 0 Å². The number of rotatable bonds is 7. The molecule has 0 amide bonds. The van der Waals surface area contributed by atoms with Gasteiger partial charge in [-0.15, -0.1) is 0 Å². The van der Waals surface area contributed by atoms with Crippen molar-refractivity contribution in [2.75, 3.05) is 11.9 Å². The number of aromatic nitrogens is 1. The molecule has 4 atom stereocenters. The van der Waals surface area contributed by atoms with Gasteiger partial charge in [0.1, 0.15) is 11.8 Å². The molecule has 0 spiro atoms. The van der Waals surface area contributed by atoms with Crippen molar-refractivity contribution in [2.45, 2.75) is 45.0 Å². The average Bonchev–Trinajstić information content (AvgIpc) is 3.25. The molecule has 162 valence electrons. The summed E-state index contributed by atoms with van der Waals surface area (Å²) in [5.74, 6) is 0.116. The predicted octanol–water partition coefficient (Wildman–Crippen LogP) is 3.84. The number of aliphatic hydroxyl groups is 1. The van der Waals surface area contributed by atoms with Crippen LogP contribution < -0.4 is 11.1 Å². The largest absolute Gasteiger partial charge is 0.433 e. The topological polar surface area (TPSA) is 88.2 Å². The molecule has 8 heteroatoms. The maximum atomic E-state index is 12.6. The van der Waals surface area contributed by atoms with Gasteiger partial charge in [0, 0.05) is 18.2 Å². The second kappa shape index (κ2) is 8.00. The predicted molar refractivity (Wildman–Crippen MR) is 108 cm³/mol. The van der Waals surface area contributed by atoms with Crippen LogP contribution in [0, 0.1) is 11.3 Å². The summed E-state index contributed by atoms with van der Waals surface area (Å²) in [7, 11) is 0. The lowest BCUT2D eigenvalue weighted by atomic mass is 9.98. The standard InChI is InChI=1S/C22H26F3N3O2/c1-12(26)19(29)20(30)14-6-4-13(5-7-14)18-16(21(18,2)3)11-27-15-8-9-17(28-10-15)22(23,24)25/h4-10,12,16,18-19,27,29H,11,26H2,1-3H3. The zero-order valence-electron chi connectivity index (χ0n) is 17.1. The van der Waals surface area contributed by atoms with Gasteiger partial charge in [0.05, 0.1) is 11.9 Å². The van der Waals surface area contributed by atoms with E-state index in [1.54, 1.807) is 19.1 Å². The van der Waals surface area contributed by atoms with E-state index in [0.717, 1.165) is 11.6 Å². The number of pyridine rings is 1. The van der Waals surface area contributed by atoms with Crippen molar-refractivity contribution in [1.29, 1.82) is 0 Å². The fourth-order valence-electron chi connectivity index (χ4n) is 3.95. The summed E-state index contributed by atoms with van der Waals surface area (Å²) in [4.78, 5) is 15.7. The third-order valence-electron chi connectivity index (χ3n) is 5.95. The number of hydrogen-bond donors (Lipinski definition) is 3. The maximum absolute atomic E-state index is 12.6. The van der Waals surface area contributed by atoms with Crippen LogP contribution in [0.25, 0.3) is 0 Å². The molecule has 5 nitrogen and oxygen atoms in total. The molecule has 4 N–H and O–H groups in total. The van der Waals surface area contributed by atoms with Crippen LogP contribution in [0.3, 0.4) is 0 Å². The molecular formula is C22H26F3N3O2. The van der Waals surface area contributed by atoms with E-state index in [0.29, 0.717) is 17.8 Å². The monoisotopic (exact) mass is 421 g/mol. The van der Waals surface area contributed by atoms with Crippen molar-refractivity contribution < 1.29 is 23.1 Å². The Labute approximate surface area is 173 Å². The van der Waals surface area contributed by atoms with E-state index >= 15 is 0 Å². The lowest BCUT2D eigenvalue weighted by Crippen LogP contribution is -2.38. The first-order chi connectivity index (χ1) is 13.9. The van der Waals surface area contributed by atoms with Gasteiger partial charge in [-0.1, -0.05) is 38.1 Å². The lowest BCUT2D eigenvalue weighted by molar-refractivity contribution is -0.141. The number of benzene rings is 1. The minimum atomic E-state index is -4.45. The molecule has 1 aromatic heterocycles. The molecular weight excluding hydrogens is 395 g/mol. The van der Waals surface area contributed by atoms with Crippen LogP contribution in [0.15, 0.2) is 42.6 Å². The molecule has 1 aromatic carbocycles. The Hall–Kier alpha value is -2.45. The number of hydrogen-bond acceptors (Lipinski definition) is 5. The Morgan fingerprint density at radius 2 is 1.87 bits per heavy atom. The molecule has 1 aliphatic rings. The van der Waals surface area contributed by atoms with Gasteiger partial charge in [-0.05, 0) is 41.9 Å². The number of aliphatic hydroxyl groups excluding tert-OH is 1. The number of nitrogens with zero attached hydrogens (tertiary/aromatic N) is 1. The van der Waals surface area contributed by atoms with E-state index in [1.807, 2.05) is 12.1 Å². The Morgan fingerprint density at radius 3 is 2.37 bits per heavy atom. The zero-order chi connectivity index (χ0) is 22.3. The van der Waals surface area contributed by atoms with Gasteiger partial charge >= 0.3 is 6.18 Å². The van der Waals surface area contributed by atoms with Crippen LogP contribution in [0.1, 0.15) is 48.3 Å². The van der Waals surface area contributed by atoms with Crippen LogP contribution in [-0.4, -0.2) is 34.6 Å². The third kappa shape index (κ3) is 4.49. The first kappa shape index (κ1) is 22.2. The van der Waals surface area contributed by atoms with Crippen LogP contribution >= 0.6 is 0 Å². The number of carbonyl (C=O) groups is 1. The number of Topliss-reactive ketones (excluding diaryl/α,β-unsaturated/α-hetero) is 1. The summed E-state index contributed by atoms with van der Waals surface area (Å²) in [6, 6.07) is 8.86. The van der Waals surface area contributed by atoms with Crippen molar-refractivity contribution in [3.05, 3.63) is 59.4 Å². The van der Waals surface area contributed by atoms with Crippen molar-refractivity contribution in [3.8, 4) is 0 Å². The van der Waals surface area contributed by atoms with Gasteiger partial charge in [-0.3, -0.25) is 4.79 Å². The first-order valence-electron chi connectivity index (χ1n) is 9.78. The van der Waals surface area contributed by atoms with Gasteiger partial charge in [0.2, 0.25) is 0 Å². The number of halogens is 3. The highest BCUT2D eigenvalue weighted by Gasteiger charge is 2.57. The molecule has 0 bridgehead atoms. The highest BCUT2D eigenvalue weighted by molar-refractivity contribution is 5.99. The van der Waals surface area contributed by atoms with E-state index < -0.39 is 29.8 Å². The molecule has 1 saturated carbocycles. The van der Waals surface area contributed by atoms with E-state index in [2.05, 4.69) is 24.1 Å². The molecule has 2 aromatic rings. The Morgan fingerprint density at radius 1 is 1.23 bits per heavy atom. The fourth-order valence-corrected chi connectivity index (χ4v) is 3.95. The SMILES string of the molecule is CC(N)C(O)C(=O)c1ccc(C2C(CNc3ccc(C(F)(F)F)nc3)C2(C)C)cc1. The Balaban J connectivity index is 1.63. The molecule has 1 aliphatic carbocycles. The third-order valence-corrected chi connectivity index (χ3v) is 5.95. The minimum absolute atomic E-state index is 0.00313. The second-order valence-electron chi connectivity index (χ2n) is 8.51. The highest BCUT2D eigenvalue weighted by atomic mass is 19.4. The quantitative estimate of drug-likeness (QED) is 0.591. The van der Waals surface area contributed by atoms with Crippen LogP contribution in [0.2, 0.25) is 0 Å². The number of nitrogens with two attached hydrogens (primary N) is 1. The van der Waals surface area contributed by atoms with E-state index in [4.69, 9.17) is 5.73 Å². The second-order valence-corrected chi connectivity index (χ2v) is 8.51. The first-order valence-corrected chi connectivity index (χ1v) is 9.78. The van der Waals surface area contributed by atoms with E-state index in [9.17, 15) is 23.1 Å². The summed E-state index contributed by atoms with van der Waals surface area (Å²) in [6.45, 7) is 6.43. The highest BCUT2D eigenvalue weighted by Crippen LogP contribution is 2.64. The van der Waals surface area contributed by atoms with Gasteiger partial charge in [-0.2, -0.15) is 13.2 Å². The van der Waals surface area contributed by atoms with Gasteiger partial charge in [0.15, 0.2) is 5.78 Å². The van der Waals surface area contributed by atoms with E-state index in [1.165, 1.54) is 12.3 Å². The number of alkyl halides is 3. The Bertz CT molecular complexity index is 893. The summed E-state index contributed by atoms with van der Waals surface area (Å²) in [5.41, 5.74) is 6.70. The van der Waals surface area contributed by atoms with Gasteiger partial charge in [-0.25, -0.2) is 4.98 Å². The van der Waals surface area contributed by atoms with Crippen molar-refractivity contribution >= 4 is 11.5 Å². The number of nitrogens with one attached hydrogen (secondary N) is 1. The lowest BCUT2D eigenvalue weighted by Gasteiger charge is -2.13. The normalized spacial score (nSPS) is 22.3. The molecule has 0 saturated heterocycles. The smallest absolute Gasteiger partial charge is 0.383 e. The van der Waals surface area contributed by atoms with Crippen LogP contribution in [0.4, 0.5) is 18.9 Å². The maximum Gasteiger partial charge on any atom is 0.433 e. The van der Waals surface area contributed by atoms with Crippen molar-refractivity contribution in [3.63, 3.8) is 0 Å². The molecule has 1 heterocycles. The minimum Gasteiger partial charge on any atom is -0.383 e. The van der Waals surface area contributed by atoms with Crippen LogP contribution in [-0.2, 0) is 6.18 Å². The summed E-state index contributed by atoms with van der Waals surface area (Å²) in [6.07, 6.45) is -4.49. The van der Waals surface area contributed by atoms with Gasteiger partial charge in [0.25, 0.3) is 0 Å². The Kier molecular flexibility index (Phi) is 5.93. The number of carbonyl (C=O) groups excluding carboxylic acids is 1. The number of anilines is 1. The average molecular weight is 421 g/mol. The summed E-state index contributed by atoms with van der Waals surface area (Å²) < 4.78 is 37.9. The number of ketones is 1. The molecule has 1 fully saturated rings. The summed E-state index contributed by atoms with van der Waals surface area (Å²) in [5, 5.41) is 13.0. The summed E-state index contributed by atoms with van der Waals surface area (Å²) >= 11 is 0. The van der Waals surface area contributed by atoms with E-state index in [-0.39, 0.29) is 17.3 Å². The van der Waals surface area contributed by atoms with Gasteiger partial charge < -0.3 is 16.2 Å². The molecule has 30 heavy (non-hydrogen) atoms. The molecule has 4 unspecified atom stereocenters. The molecule has 0 aliphatic heterocycles. The van der Waals surface area contributed by atoms with Crippen molar-refractivity contribution in [2.24, 2.45) is 17.1 Å². The fraction of sp³-hybridized carbons (Fsp3) is 0.455. The van der Waals surface area contributed by atoms with Crippen molar-refractivity contribution in [1.82, 2.24) is 4.98 Å².